The molecule has 0 unspecified atom stereocenters. The van der Waals surface area contributed by atoms with Crippen LogP contribution in [0.4, 0.5) is 10.1 Å². The zero-order valence-corrected chi connectivity index (χ0v) is 24.6. The number of halogens is 3. The normalized spacial score (nSPS) is 11.9. The molecule has 214 valence electrons. The van der Waals surface area contributed by atoms with E-state index in [0.29, 0.717) is 22.9 Å². The first-order valence-corrected chi connectivity index (χ1v) is 14.7. The quantitative estimate of drug-likeness (QED) is 0.301. The molecule has 0 radical (unpaired) electrons. The molecule has 0 spiro atoms. The maximum Gasteiger partial charge on any atom is 0.264 e. The van der Waals surface area contributed by atoms with E-state index in [4.69, 9.17) is 27.9 Å². The molecule has 0 aromatic heterocycles. The van der Waals surface area contributed by atoms with Crippen molar-refractivity contribution in [3.05, 3.63) is 88.2 Å². The van der Waals surface area contributed by atoms with Crippen LogP contribution in [0, 0.1) is 5.82 Å². The zero-order chi connectivity index (χ0) is 29.4. The van der Waals surface area contributed by atoms with Crippen LogP contribution in [0.15, 0.2) is 71.6 Å². The summed E-state index contributed by atoms with van der Waals surface area (Å²) in [4.78, 5) is 27.8. The summed E-state index contributed by atoms with van der Waals surface area (Å²) < 4.78 is 47.5. The highest BCUT2D eigenvalue weighted by atomic mass is 35.5. The molecule has 3 rings (SSSR count). The molecule has 8 nitrogen and oxygen atoms in total. The first-order chi connectivity index (χ1) is 19.0. The molecule has 0 aliphatic heterocycles. The second kappa shape index (κ2) is 13.8. The molecule has 0 bridgehead atoms. The lowest BCUT2D eigenvalue weighted by molar-refractivity contribution is -0.140. The van der Waals surface area contributed by atoms with Crippen molar-refractivity contribution >= 4 is 50.7 Å². The molecule has 0 saturated carbocycles. The number of amides is 2. The monoisotopic (exact) mass is 609 g/mol. The average Bonchev–Trinajstić information content (AvgIpc) is 2.94. The van der Waals surface area contributed by atoms with Gasteiger partial charge in [0.1, 0.15) is 24.2 Å². The Hall–Kier alpha value is -3.34. The van der Waals surface area contributed by atoms with Crippen LogP contribution in [0.1, 0.15) is 25.8 Å². The lowest BCUT2D eigenvalue weighted by atomic mass is 10.1. The van der Waals surface area contributed by atoms with E-state index >= 15 is 0 Å². The molecule has 0 aliphatic rings. The Morgan fingerprint density at radius 2 is 1.62 bits per heavy atom. The summed E-state index contributed by atoms with van der Waals surface area (Å²) in [5.74, 6) is -1.14. The maximum absolute atomic E-state index is 13.9. The molecule has 0 fully saturated rings. The highest BCUT2D eigenvalue weighted by molar-refractivity contribution is 7.92. The van der Waals surface area contributed by atoms with Crippen molar-refractivity contribution in [2.75, 3.05) is 24.5 Å². The number of benzene rings is 3. The topological polar surface area (TPSA) is 96.0 Å². The van der Waals surface area contributed by atoms with E-state index in [1.54, 1.807) is 37.3 Å². The van der Waals surface area contributed by atoms with E-state index < -0.39 is 40.2 Å². The van der Waals surface area contributed by atoms with Gasteiger partial charge < -0.3 is 15.0 Å². The number of likely N-dealkylation sites (N-methyl/N-ethyl adjacent to an activating group) is 1. The number of ether oxygens (including phenoxy) is 1. The van der Waals surface area contributed by atoms with Crippen LogP contribution in [-0.4, -0.2) is 51.4 Å². The van der Waals surface area contributed by atoms with E-state index in [9.17, 15) is 22.4 Å². The van der Waals surface area contributed by atoms with Gasteiger partial charge in [0.05, 0.1) is 27.2 Å². The van der Waals surface area contributed by atoms with E-state index in [2.05, 4.69) is 5.32 Å². The Labute approximate surface area is 243 Å². The Balaban J connectivity index is 2.06. The first-order valence-electron chi connectivity index (χ1n) is 12.5. The fraction of sp³-hybridized carbons (Fsp3) is 0.286. The Morgan fingerprint density at radius 1 is 0.975 bits per heavy atom. The summed E-state index contributed by atoms with van der Waals surface area (Å²) in [7, 11) is -2.87. The van der Waals surface area contributed by atoms with Gasteiger partial charge in [-0.05, 0) is 79.6 Å². The second-order valence-electron chi connectivity index (χ2n) is 8.70. The van der Waals surface area contributed by atoms with Crippen LogP contribution in [0.3, 0.4) is 0 Å². The zero-order valence-electron chi connectivity index (χ0n) is 22.2. The number of hydrogen-bond acceptors (Lipinski definition) is 5. The lowest BCUT2D eigenvalue weighted by Crippen LogP contribution is -2.51. The van der Waals surface area contributed by atoms with Gasteiger partial charge in [0.15, 0.2) is 0 Å². The van der Waals surface area contributed by atoms with E-state index in [1.807, 2.05) is 6.92 Å². The molecule has 2 amide bonds. The van der Waals surface area contributed by atoms with Gasteiger partial charge in [0.2, 0.25) is 11.8 Å². The molecule has 1 N–H and O–H groups in total. The number of anilines is 1. The largest absolute Gasteiger partial charge is 0.494 e. The summed E-state index contributed by atoms with van der Waals surface area (Å²) in [6, 6.07) is 14.4. The summed E-state index contributed by atoms with van der Waals surface area (Å²) >= 11 is 12.2. The fourth-order valence-electron chi connectivity index (χ4n) is 4.06. The predicted molar refractivity (Wildman–Crippen MR) is 154 cm³/mol. The average molecular weight is 611 g/mol. The molecule has 0 heterocycles. The van der Waals surface area contributed by atoms with Crippen molar-refractivity contribution in [3.63, 3.8) is 0 Å². The van der Waals surface area contributed by atoms with Crippen LogP contribution in [0.25, 0.3) is 0 Å². The van der Waals surface area contributed by atoms with Crippen LogP contribution in [0.5, 0.6) is 5.75 Å². The van der Waals surface area contributed by atoms with Gasteiger partial charge in [-0.1, -0.05) is 36.2 Å². The van der Waals surface area contributed by atoms with E-state index in [0.717, 1.165) is 28.6 Å². The fourth-order valence-corrected chi connectivity index (χ4v) is 5.79. The van der Waals surface area contributed by atoms with Gasteiger partial charge in [-0.2, -0.15) is 0 Å². The standard InChI is InChI=1S/C28H30Cl2FN3O5S/c1-4-26(28(36)32-3)33(17-19-6-15-24(29)25(30)16-19)27(35)18-34(21-9-11-22(12-10-21)39-5-2)40(37,38)23-13-7-20(31)8-14-23/h6-16,26H,4-5,17-18H2,1-3H3,(H,32,36)/t26-/m1/s1. The van der Waals surface area contributed by atoms with Crippen molar-refractivity contribution in [2.45, 2.75) is 37.8 Å². The molecule has 1 atom stereocenters. The number of hydrogen-bond donors (Lipinski definition) is 1. The van der Waals surface area contributed by atoms with Crippen molar-refractivity contribution in [1.82, 2.24) is 10.2 Å². The molecule has 12 heteroatoms. The van der Waals surface area contributed by atoms with Gasteiger partial charge in [0.25, 0.3) is 10.0 Å². The minimum Gasteiger partial charge on any atom is -0.494 e. The number of sulfonamides is 1. The molecule has 3 aromatic rings. The van der Waals surface area contributed by atoms with E-state index in [1.165, 1.54) is 24.1 Å². The van der Waals surface area contributed by atoms with Crippen molar-refractivity contribution in [2.24, 2.45) is 0 Å². The minimum atomic E-state index is -4.33. The third-order valence-electron chi connectivity index (χ3n) is 6.09. The lowest BCUT2D eigenvalue weighted by Gasteiger charge is -2.33. The van der Waals surface area contributed by atoms with Gasteiger partial charge >= 0.3 is 0 Å². The smallest absolute Gasteiger partial charge is 0.264 e. The highest BCUT2D eigenvalue weighted by Gasteiger charge is 2.33. The Bertz CT molecular complexity index is 1440. The summed E-state index contributed by atoms with van der Waals surface area (Å²) in [5, 5.41) is 3.16. The Morgan fingerprint density at radius 3 is 2.17 bits per heavy atom. The molecular weight excluding hydrogens is 580 g/mol. The minimum absolute atomic E-state index is 0.0324. The third kappa shape index (κ3) is 7.44. The Kier molecular flexibility index (Phi) is 10.8. The van der Waals surface area contributed by atoms with Crippen LogP contribution < -0.4 is 14.4 Å². The second-order valence-corrected chi connectivity index (χ2v) is 11.4. The third-order valence-corrected chi connectivity index (χ3v) is 8.61. The van der Waals surface area contributed by atoms with Gasteiger partial charge in [-0.3, -0.25) is 13.9 Å². The molecule has 0 aliphatic carbocycles. The molecule has 3 aromatic carbocycles. The summed E-state index contributed by atoms with van der Waals surface area (Å²) in [6.45, 7) is 3.31. The number of carbonyl (C=O) groups is 2. The van der Waals surface area contributed by atoms with Gasteiger partial charge in [0, 0.05) is 13.6 Å². The van der Waals surface area contributed by atoms with Crippen LogP contribution in [0.2, 0.25) is 10.0 Å². The van der Waals surface area contributed by atoms with Crippen molar-refractivity contribution < 1.29 is 27.1 Å². The number of carbonyl (C=O) groups excluding carboxylic acids is 2. The van der Waals surface area contributed by atoms with Crippen LogP contribution >= 0.6 is 23.2 Å². The predicted octanol–water partition coefficient (Wildman–Crippen LogP) is 5.28. The summed E-state index contributed by atoms with van der Waals surface area (Å²) in [5.41, 5.74) is 0.780. The molecular formula is C28H30Cl2FN3O5S. The van der Waals surface area contributed by atoms with Crippen molar-refractivity contribution in [1.29, 1.82) is 0 Å². The molecule has 0 saturated heterocycles. The van der Waals surface area contributed by atoms with Gasteiger partial charge in [-0.15, -0.1) is 0 Å². The SMILES string of the molecule is CCOc1ccc(N(CC(=O)N(Cc2ccc(Cl)c(Cl)c2)[C@H](CC)C(=O)NC)S(=O)(=O)c2ccc(F)cc2)cc1. The van der Waals surface area contributed by atoms with Gasteiger partial charge in [-0.25, -0.2) is 12.8 Å². The molecule has 40 heavy (non-hydrogen) atoms. The maximum atomic E-state index is 13.9. The number of rotatable bonds is 12. The summed E-state index contributed by atoms with van der Waals surface area (Å²) in [6.07, 6.45) is 0.264. The van der Waals surface area contributed by atoms with E-state index in [-0.39, 0.29) is 28.6 Å². The van der Waals surface area contributed by atoms with Crippen LogP contribution in [-0.2, 0) is 26.2 Å². The van der Waals surface area contributed by atoms with Crippen molar-refractivity contribution in [3.8, 4) is 5.75 Å². The number of nitrogens with zero attached hydrogens (tertiary/aromatic N) is 2. The number of nitrogens with one attached hydrogen (secondary N) is 1. The highest BCUT2D eigenvalue weighted by Crippen LogP contribution is 2.28. The first kappa shape index (κ1) is 31.2.